The molecular formula is C14H19BrN2O3. The number of carbonyl (C=O) groups is 2. The number of hydrogen-bond donors (Lipinski definition) is 2. The molecule has 1 heterocycles. The van der Waals surface area contributed by atoms with E-state index in [2.05, 4.69) is 21.2 Å². The molecule has 0 spiro atoms. The smallest absolute Gasteiger partial charge is 0.308 e. The molecule has 0 saturated heterocycles. The second-order valence-electron chi connectivity index (χ2n) is 5.50. The van der Waals surface area contributed by atoms with E-state index < -0.39 is 11.9 Å². The molecule has 1 aliphatic carbocycles. The summed E-state index contributed by atoms with van der Waals surface area (Å²) in [6, 6.07) is 1.66. The first-order chi connectivity index (χ1) is 9.40. The van der Waals surface area contributed by atoms with E-state index in [0.717, 1.165) is 17.3 Å². The molecule has 1 amide bonds. The van der Waals surface area contributed by atoms with E-state index in [1.54, 1.807) is 6.07 Å². The zero-order valence-corrected chi connectivity index (χ0v) is 13.2. The van der Waals surface area contributed by atoms with Gasteiger partial charge in [0, 0.05) is 22.8 Å². The Morgan fingerprint density at radius 1 is 1.45 bits per heavy atom. The third kappa shape index (κ3) is 3.06. The van der Waals surface area contributed by atoms with Crippen molar-refractivity contribution in [2.75, 3.05) is 0 Å². The Kier molecular flexibility index (Phi) is 4.52. The summed E-state index contributed by atoms with van der Waals surface area (Å²) >= 11 is 3.37. The molecule has 6 heteroatoms. The fraction of sp³-hybridized carbons (Fsp3) is 0.571. The number of carbonyl (C=O) groups excluding carboxylic acids is 1. The molecule has 1 aromatic heterocycles. The number of aliphatic carboxylic acids is 1. The van der Waals surface area contributed by atoms with E-state index >= 15 is 0 Å². The van der Waals surface area contributed by atoms with E-state index in [9.17, 15) is 9.59 Å². The van der Waals surface area contributed by atoms with Crippen molar-refractivity contribution in [1.29, 1.82) is 0 Å². The van der Waals surface area contributed by atoms with Crippen molar-refractivity contribution in [3.8, 4) is 0 Å². The minimum atomic E-state index is -0.826. The molecule has 5 nitrogen and oxygen atoms in total. The number of rotatable bonds is 4. The fourth-order valence-corrected chi connectivity index (χ4v) is 3.16. The van der Waals surface area contributed by atoms with Crippen LogP contribution in [0.15, 0.2) is 16.7 Å². The highest BCUT2D eigenvalue weighted by molar-refractivity contribution is 9.10. The number of aromatic nitrogens is 1. The van der Waals surface area contributed by atoms with Crippen LogP contribution in [0.25, 0.3) is 0 Å². The van der Waals surface area contributed by atoms with Gasteiger partial charge in [-0.25, -0.2) is 0 Å². The van der Waals surface area contributed by atoms with Gasteiger partial charge in [-0.05, 0) is 48.7 Å². The Balaban J connectivity index is 2.14. The molecular weight excluding hydrogens is 324 g/mol. The molecule has 2 rings (SSSR count). The highest BCUT2D eigenvalue weighted by Gasteiger charge is 2.34. The van der Waals surface area contributed by atoms with Crippen LogP contribution in [0.2, 0.25) is 0 Å². The lowest BCUT2D eigenvalue weighted by atomic mass is 10.0. The number of amides is 1. The molecule has 2 N–H and O–H groups in total. The first-order valence-corrected chi connectivity index (χ1v) is 7.60. The van der Waals surface area contributed by atoms with E-state index in [0.29, 0.717) is 12.1 Å². The highest BCUT2D eigenvalue weighted by atomic mass is 79.9. The maximum absolute atomic E-state index is 12.4. The molecule has 0 bridgehead atoms. The molecule has 0 aliphatic heterocycles. The van der Waals surface area contributed by atoms with Crippen molar-refractivity contribution in [2.45, 2.75) is 45.2 Å². The van der Waals surface area contributed by atoms with E-state index in [1.165, 1.54) is 0 Å². The molecule has 0 aromatic carbocycles. The number of nitrogens with zero attached hydrogens (tertiary/aromatic N) is 1. The van der Waals surface area contributed by atoms with Gasteiger partial charge in [-0.15, -0.1) is 0 Å². The molecule has 1 fully saturated rings. The van der Waals surface area contributed by atoms with Gasteiger partial charge < -0.3 is 15.0 Å². The van der Waals surface area contributed by atoms with Gasteiger partial charge in [-0.2, -0.15) is 0 Å². The van der Waals surface area contributed by atoms with Crippen molar-refractivity contribution in [3.63, 3.8) is 0 Å². The van der Waals surface area contributed by atoms with Gasteiger partial charge in [0.2, 0.25) is 0 Å². The van der Waals surface area contributed by atoms with Crippen molar-refractivity contribution < 1.29 is 14.7 Å². The van der Waals surface area contributed by atoms with Crippen molar-refractivity contribution in [3.05, 3.63) is 22.4 Å². The predicted molar refractivity (Wildman–Crippen MR) is 78.7 cm³/mol. The minimum absolute atomic E-state index is 0.167. The third-order valence-corrected chi connectivity index (χ3v) is 4.19. The highest BCUT2D eigenvalue weighted by Crippen LogP contribution is 2.27. The number of carboxylic acid groups (broad SMARTS) is 1. The maximum atomic E-state index is 12.4. The Labute approximate surface area is 126 Å². The van der Waals surface area contributed by atoms with Crippen LogP contribution in [-0.4, -0.2) is 27.6 Å². The van der Waals surface area contributed by atoms with Crippen LogP contribution >= 0.6 is 15.9 Å². The van der Waals surface area contributed by atoms with Gasteiger partial charge >= 0.3 is 5.97 Å². The molecule has 1 aliphatic rings. The second kappa shape index (κ2) is 5.99. The lowest BCUT2D eigenvalue weighted by Gasteiger charge is -2.19. The summed E-state index contributed by atoms with van der Waals surface area (Å²) in [6.07, 6.45) is 4.07. The summed E-state index contributed by atoms with van der Waals surface area (Å²) in [5.41, 5.74) is 0.558. The maximum Gasteiger partial charge on any atom is 0.308 e. The van der Waals surface area contributed by atoms with Crippen LogP contribution in [0.3, 0.4) is 0 Å². The quantitative estimate of drug-likeness (QED) is 0.883. The summed E-state index contributed by atoms with van der Waals surface area (Å²) in [7, 11) is 0. The van der Waals surface area contributed by atoms with Gasteiger partial charge in [-0.1, -0.05) is 6.42 Å². The van der Waals surface area contributed by atoms with Gasteiger partial charge in [0.1, 0.15) is 5.69 Å². The Bertz CT molecular complexity index is 524. The molecule has 2 unspecified atom stereocenters. The normalized spacial score (nSPS) is 22.2. The number of halogens is 1. The second-order valence-corrected chi connectivity index (χ2v) is 6.42. The Hall–Kier alpha value is -1.30. The van der Waals surface area contributed by atoms with Crippen LogP contribution in [0.1, 0.15) is 49.6 Å². The Morgan fingerprint density at radius 2 is 2.15 bits per heavy atom. The van der Waals surface area contributed by atoms with Crippen molar-refractivity contribution >= 4 is 27.8 Å². The van der Waals surface area contributed by atoms with Crippen LogP contribution in [0.4, 0.5) is 0 Å². The van der Waals surface area contributed by atoms with Crippen molar-refractivity contribution in [2.24, 2.45) is 5.92 Å². The number of carboxylic acids is 1. The zero-order chi connectivity index (χ0) is 14.9. The SMILES string of the molecule is CC(C)n1cc(Br)cc1C(=O)NC1CCCC1C(=O)O. The van der Waals surface area contributed by atoms with Crippen LogP contribution < -0.4 is 5.32 Å². The van der Waals surface area contributed by atoms with Crippen LogP contribution in [0.5, 0.6) is 0 Å². The lowest BCUT2D eigenvalue weighted by Crippen LogP contribution is -2.40. The average Bonchev–Trinajstić information content (AvgIpc) is 2.95. The van der Waals surface area contributed by atoms with Gasteiger partial charge in [0.15, 0.2) is 0 Å². The summed E-state index contributed by atoms with van der Waals surface area (Å²) in [4.78, 5) is 23.5. The summed E-state index contributed by atoms with van der Waals surface area (Å²) in [5, 5.41) is 12.0. The van der Waals surface area contributed by atoms with E-state index in [4.69, 9.17) is 5.11 Å². The Morgan fingerprint density at radius 3 is 2.75 bits per heavy atom. The number of nitrogens with one attached hydrogen (secondary N) is 1. The first-order valence-electron chi connectivity index (χ1n) is 6.81. The predicted octanol–water partition coefficient (Wildman–Crippen LogP) is 2.81. The standard InChI is InChI=1S/C14H19BrN2O3/c1-8(2)17-7-9(15)6-12(17)13(18)16-11-5-3-4-10(11)14(19)20/h6-8,10-11H,3-5H2,1-2H3,(H,16,18)(H,19,20). The summed E-state index contributed by atoms with van der Waals surface area (Å²) < 4.78 is 2.72. The molecule has 110 valence electrons. The van der Waals surface area contributed by atoms with E-state index in [1.807, 2.05) is 24.6 Å². The summed E-state index contributed by atoms with van der Waals surface area (Å²) in [6.45, 7) is 4.00. The van der Waals surface area contributed by atoms with Gasteiger partial charge in [0.25, 0.3) is 5.91 Å². The topological polar surface area (TPSA) is 71.3 Å². The van der Waals surface area contributed by atoms with Gasteiger partial charge in [-0.3, -0.25) is 9.59 Å². The summed E-state index contributed by atoms with van der Waals surface area (Å²) in [5.74, 6) is -1.50. The lowest BCUT2D eigenvalue weighted by molar-refractivity contribution is -0.142. The third-order valence-electron chi connectivity index (χ3n) is 3.75. The molecule has 2 atom stereocenters. The number of hydrogen-bond acceptors (Lipinski definition) is 2. The average molecular weight is 343 g/mol. The van der Waals surface area contributed by atoms with Crippen LogP contribution in [-0.2, 0) is 4.79 Å². The monoisotopic (exact) mass is 342 g/mol. The molecule has 1 saturated carbocycles. The van der Waals surface area contributed by atoms with Crippen LogP contribution in [0, 0.1) is 5.92 Å². The fourth-order valence-electron chi connectivity index (χ4n) is 2.73. The largest absolute Gasteiger partial charge is 0.481 e. The van der Waals surface area contributed by atoms with E-state index in [-0.39, 0.29) is 18.0 Å². The minimum Gasteiger partial charge on any atom is -0.481 e. The van der Waals surface area contributed by atoms with Crippen molar-refractivity contribution in [1.82, 2.24) is 9.88 Å². The molecule has 1 aromatic rings. The zero-order valence-electron chi connectivity index (χ0n) is 11.6. The first kappa shape index (κ1) is 15.1. The molecule has 0 radical (unpaired) electrons. The molecule has 20 heavy (non-hydrogen) atoms. The van der Waals surface area contributed by atoms with Gasteiger partial charge in [0.05, 0.1) is 5.92 Å².